The van der Waals surface area contributed by atoms with Gasteiger partial charge in [-0.1, -0.05) is 12.1 Å². The summed E-state index contributed by atoms with van der Waals surface area (Å²) in [6.07, 6.45) is 0. The molecule has 2 rings (SSSR count). The normalized spacial score (nSPS) is 14.9. The summed E-state index contributed by atoms with van der Waals surface area (Å²) in [4.78, 5) is 24.6. The molecule has 0 bridgehead atoms. The molecule has 0 spiro atoms. The molecule has 1 fully saturated rings. The third-order valence-electron chi connectivity index (χ3n) is 3.24. The van der Waals surface area contributed by atoms with E-state index in [1.165, 1.54) is 6.92 Å². The average Bonchev–Trinajstić information content (AvgIpc) is 2.35. The number of benzene rings is 1. The van der Waals surface area contributed by atoms with Crippen molar-refractivity contribution in [2.24, 2.45) is 5.92 Å². The van der Waals surface area contributed by atoms with E-state index in [-0.39, 0.29) is 24.3 Å². The van der Waals surface area contributed by atoms with Gasteiger partial charge in [-0.3, -0.25) is 9.59 Å². The van der Waals surface area contributed by atoms with Crippen LogP contribution >= 0.6 is 0 Å². The molecule has 5 heteroatoms. The van der Waals surface area contributed by atoms with Crippen LogP contribution in [-0.2, 0) is 11.3 Å². The molecule has 2 N–H and O–H groups in total. The maximum absolute atomic E-state index is 12.0. The summed E-state index contributed by atoms with van der Waals surface area (Å²) in [6.45, 7) is 3.34. The number of aliphatic hydroxyl groups excluding tert-OH is 1. The fraction of sp³-hybridized carbons (Fsp3) is 0.429. The van der Waals surface area contributed by atoms with Crippen molar-refractivity contribution >= 4 is 11.8 Å². The summed E-state index contributed by atoms with van der Waals surface area (Å²) < 4.78 is 0. The van der Waals surface area contributed by atoms with E-state index in [0.717, 1.165) is 5.56 Å². The van der Waals surface area contributed by atoms with Gasteiger partial charge >= 0.3 is 0 Å². The zero-order chi connectivity index (χ0) is 13.8. The summed E-state index contributed by atoms with van der Waals surface area (Å²) in [6, 6.07) is 7.22. The van der Waals surface area contributed by atoms with Gasteiger partial charge in [0, 0.05) is 44.6 Å². The van der Waals surface area contributed by atoms with Crippen LogP contribution in [0.1, 0.15) is 22.8 Å². The Bertz CT molecular complexity index is 464. The predicted octanol–water partition coefficient (Wildman–Crippen LogP) is 0.387. The number of hydrogen-bond acceptors (Lipinski definition) is 3. The first-order valence-corrected chi connectivity index (χ1v) is 6.33. The molecule has 0 aromatic heterocycles. The van der Waals surface area contributed by atoms with Crippen LogP contribution in [0.4, 0.5) is 0 Å². The number of rotatable bonds is 4. The first kappa shape index (κ1) is 13.5. The van der Waals surface area contributed by atoms with Crippen molar-refractivity contribution in [2.45, 2.75) is 13.5 Å². The van der Waals surface area contributed by atoms with Crippen LogP contribution in [0, 0.1) is 5.92 Å². The highest BCUT2D eigenvalue weighted by Crippen LogP contribution is 2.18. The number of amides is 2. The van der Waals surface area contributed by atoms with Crippen molar-refractivity contribution in [1.29, 1.82) is 0 Å². The molecule has 0 radical (unpaired) electrons. The van der Waals surface area contributed by atoms with Crippen LogP contribution < -0.4 is 5.32 Å². The van der Waals surface area contributed by atoms with Crippen LogP contribution in [-0.4, -0.2) is 41.5 Å². The number of aliphatic hydroxyl groups is 1. The van der Waals surface area contributed by atoms with Gasteiger partial charge in [-0.15, -0.1) is 0 Å². The van der Waals surface area contributed by atoms with Gasteiger partial charge in [0.15, 0.2) is 0 Å². The molecule has 0 saturated carbocycles. The highest BCUT2D eigenvalue weighted by atomic mass is 16.3. The van der Waals surface area contributed by atoms with Gasteiger partial charge in [-0.2, -0.15) is 0 Å². The maximum atomic E-state index is 12.0. The van der Waals surface area contributed by atoms with Crippen molar-refractivity contribution in [3.05, 3.63) is 35.4 Å². The second-order valence-electron chi connectivity index (χ2n) is 4.87. The molecule has 0 atom stereocenters. The zero-order valence-corrected chi connectivity index (χ0v) is 10.9. The van der Waals surface area contributed by atoms with Crippen LogP contribution in [0.25, 0.3) is 0 Å². The lowest BCUT2D eigenvalue weighted by Crippen LogP contribution is -2.51. The highest BCUT2D eigenvalue weighted by Gasteiger charge is 2.30. The van der Waals surface area contributed by atoms with Gasteiger partial charge in [0.25, 0.3) is 5.91 Å². The topological polar surface area (TPSA) is 69.6 Å². The molecule has 2 amide bonds. The summed E-state index contributed by atoms with van der Waals surface area (Å²) in [5.74, 6) is 0.148. The highest BCUT2D eigenvalue weighted by molar-refractivity contribution is 5.94. The average molecular weight is 262 g/mol. The van der Waals surface area contributed by atoms with Gasteiger partial charge in [-0.25, -0.2) is 0 Å². The molecular weight excluding hydrogens is 244 g/mol. The van der Waals surface area contributed by atoms with E-state index in [0.29, 0.717) is 25.2 Å². The minimum Gasteiger partial charge on any atom is -0.396 e. The first-order chi connectivity index (χ1) is 9.10. The fourth-order valence-corrected chi connectivity index (χ4v) is 2.03. The predicted molar refractivity (Wildman–Crippen MR) is 70.4 cm³/mol. The van der Waals surface area contributed by atoms with E-state index in [1.807, 2.05) is 12.1 Å². The Morgan fingerprint density at radius 2 is 1.95 bits per heavy atom. The van der Waals surface area contributed by atoms with Crippen molar-refractivity contribution in [3.8, 4) is 0 Å². The van der Waals surface area contributed by atoms with Crippen LogP contribution in [0.3, 0.4) is 0 Å². The van der Waals surface area contributed by atoms with E-state index in [2.05, 4.69) is 5.32 Å². The van der Waals surface area contributed by atoms with Crippen LogP contribution in [0.15, 0.2) is 24.3 Å². The van der Waals surface area contributed by atoms with E-state index in [9.17, 15) is 9.59 Å². The summed E-state index contributed by atoms with van der Waals surface area (Å²) in [7, 11) is 0. The lowest BCUT2D eigenvalue weighted by Gasteiger charge is -2.38. The molecule has 1 aliphatic rings. The first-order valence-electron chi connectivity index (χ1n) is 6.33. The molecule has 102 valence electrons. The van der Waals surface area contributed by atoms with Gasteiger partial charge in [-0.05, 0) is 17.7 Å². The van der Waals surface area contributed by atoms with Crippen molar-refractivity contribution in [3.63, 3.8) is 0 Å². The monoisotopic (exact) mass is 262 g/mol. The third-order valence-corrected chi connectivity index (χ3v) is 3.24. The summed E-state index contributed by atoms with van der Waals surface area (Å²) in [5.41, 5.74) is 1.60. The number of hydrogen-bond donors (Lipinski definition) is 2. The Balaban J connectivity index is 1.91. The molecular formula is C14H18N2O3. The van der Waals surface area contributed by atoms with Gasteiger partial charge < -0.3 is 15.3 Å². The van der Waals surface area contributed by atoms with E-state index >= 15 is 0 Å². The smallest absolute Gasteiger partial charge is 0.253 e. The molecule has 1 aromatic carbocycles. The van der Waals surface area contributed by atoms with Gasteiger partial charge in [0.1, 0.15) is 0 Å². The number of nitrogens with zero attached hydrogens (tertiary/aromatic N) is 1. The lowest BCUT2D eigenvalue weighted by molar-refractivity contribution is -0.119. The van der Waals surface area contributed by atoms with Crippen LogP contribution in [0.5, 0.6) is 0 Å². The van der Waals surface area contributed by atoms with Crippen molar-refractivity contribution in [2.75, 3.05) is 19.7 Å². The molecule has 1 saturated heterocycles. The quantitative estimate of drug-likeness (QED) is 0.824. The Morgan fingerprint density at radius 3 is 2.47 bits per heavy atom. The summed E-state index contributed by atoms with van der Waals surface area (Å²) in [5, 5.41) is 11.6. The minimum absolute atomic E-state index is 0.00391. The minimum atomic E-state index is -0.0734. The number of carbonyl (C=O) groups is 2. The third kappa shape index (κ3) is 3.32. The molecule has 1 aromatic rings. The Kier molecular flexibility index (Phi) is 4.16. The van der Waals surface area contributed by atoms with Gasteiger partial charge in [0.2, 0.25) is 5.91 Å². The van der Waals surface area contributed by atoms with Gasteiger partial charge in [0.05, 0.1) is 0 Å². The number of carbonyl (C=O) groups excluding carboxylic acids is 2. The molecule has 0 aliphatic carbocycles. The molecule has 0 unspecified atom stereocenters. The standard InChI is InChI=1S/C14H18N2O3/c1-10(18)15-6-11-2-4-13(5-3-11)14(19)16-7-12(8-16)9-17/h2-5,12,17H,6-9H2,1H3,(H,15,18). The van der Waals surface area contributed by atoms with Crippen molar-refractivity contribution < 1.29 is 14.7 Å². The zero-order valence-electron chi connectivity index (χ0n) is 10.9. The Hall–Kier alpha value is -1.88. The number of likely N-dealkylation sites (tertiary alicyclic amines) is 1. The second kappa shape index (κ2) is 5.84. The Morgan fingerprint density at radius 1 is 1.32 bits per heavy atom. The molecule has 1 aliphatic heterocycles. The Labute approximate surface area is 112 Å². The summed E-state index contributed by atoms with van der Waals surface area (Å²) >= 11 is 0. The lowest BCUT2D eigenvalue weighted by atomic mass is 9.99. The molecule has 1 heterocycles. The van der Waals surface area contributed by atoms with E-state index < -0.39 is 0 Å². The van der Waals surface area contributed by atoms with E-state index in [1.54, 1.807) is 17.0 Å². The largest absolute Gasteiger partial charge is 0.396 e. The molecule has 5 nitrogen and oxygen atoms in total. The number of nitrogens with one attached hydrogen (secondary N) is 1. The maximum Gasteiger partial charge on any atom is 0.253 e. The van der Waals surface area contributed by atoms with Crippen molar-refractivity contribution in [1.82, 2.24) is 10.2 Å². The van der Waals surface area contributed by atoms with E-state index in [4.69, 9.17) is 5.11 Å². The second-order valence-corrected chi connectivity index (χ2v) is 4.87. The fourth-order valence-electron chi connectivity index (χ4n) is 2.03. The SMILES string of the molecule is CC(=O)NCc1ccc(C(=O)N2CC(CO)C2)cc1. The van der Waals surface area contributed by atoms with Crippen LogP contribution in [0.2, 0.25) is 0 Å². The molecule has 19 heavy (non-hydrogen) atoms.